The average molecular weight is 433 g/mol. The number of ether oxygens (including phenoxy) is 1. The van der Waals surface area contributed by atoms with Gasteiger partial charge in [0.2, 0.25) is 15.9 Å². The van der Waals surface area contributed by atoms with Crippen LogP contribution in [0.15, 0.2) is 48.5 Å². The Kier molecular flexibility index (Phi) is 8.72. The van der Waals surface area contributed by atoms with Crippen molar-refractivity contribution in [3.05, 3.63) is 59.7 Å². The monoisotopic (exact) mass is 432 g/mol. The topological polar surface area (TPSA) is 75.7 Å². The molecule has 0 aliphatic rings. The van der Waals surface area contributed by atoms with Gasteiger partial charge >= 0.3 is 0 Å². The van der Waals surface area contributed by atoms with Crippen molar-refractivity contribution >= 4 is 21.6 Å². The molecule has 7 heteroatoms. The maximum Gasteiger partial charge on any atom is 0.243 e. The smallest absolute Gasteiger partial charge is 0.243 e. The number of aryl methyl sites for hydroxylation is 2. The Morgan fingerprint density at radius 3 is 2.40 bits per heavy atom. The van der Waals surface area contributed by atoms with Crippen molar-refractivity contribution in [3.63, 3.8) is 0 Å². The lowest BCUT2D eigenvalue weighted by Gasteiger charge is -2.30. The van der Waals surface area contributed by atoms with Crippen LogP contribution in [0.4, 0.5) is 5.69 Å². The van der Waals surface area contributed by atoms with Crippen molar-refractivity contribution in [2.24, 2.45) is 0 Å². The summed E-state index contributed by atoms with van der Waals surface area (Å²) in [5.41, 5.74) is 2.61. The molecule has 1 atom stereocenters. The van der Waals surface area contributed by atoms with Gasteiger partial charge in [0.05, 0.1) is 18.6 Å². The molecule has 164 valence electrons. The highest BCUT2D eigenvalue weighted by Gasteiger charge is 2.31. The normalized spacial score (nSPS) is 12.3. The third-order valence-electron chi connectivity index (χ3n) is 4.76. The summed E-state index contributed by atoms with van der Waals surface area (Å²) in [5, 5.41) is 2.90. The quantitative estimate of drug-likeness (QED) is 0.550. The fourth-order valence-electron chi connectivity index (χ4n) is 3.37. The molecule has 0 saturated carbocycles. The zero-order valence-corrected chi connectivity index (χ0v) is 19.0. The summed E-state index contributed by atoms with van der Waals surface area (Å²) >= 11 is 0. The van der Waals surface area contributed by atoms with Gasteiger partial charge < -0.3 is 10.1 Å². The maximum absolute atomic E-state index is 12.8. The van der Waals surface area contributed by atoms with Crippen LogP contribution in [0.25, 0.3) is 0 Å². The van der Waals surface area contributed by atoms with Crippen LogP contribution in [-0.4, -0.2) is 39.8 Å². The molecule has 0 aromatic heterocycles. The van der Waals surface area contributed by atoms with Crippen LogP contribution < -0.4 is 14.4 Å². The molecular formula is C23H32N2O4S. The minimum atomic E-state index is -3.61. The van der Waals surface area contributed by atoms with Crippen LogP contribution in [0.3, 0.4) is 0 Å². The van der Waals surface area contributed by atoms with Gasteiger partial charge in [0.15, 0.2) is 0 Å². The molecule has 0 saturated heterocycles. The second kappa shape index (κ2) is 11.0. The van der Waals surface area contributed by atoms with Crippen molar-refractivity contribution in [1.82, 2.24) is 5.32 Å². The number of carbonyl (C=O) groups excluding carboxylic acids is 1. The number of hydrogen-bond donors (Lipinski definition) is 1. The molecule has 2 aromatic carbocycles. The van der Waals surface area contributed by atoms with Crippen molar-refractivity contribution in [2.45, 2.75) is 46.1 Å². The number of benzene rings is 2. The third kappa shape index (κ3) is 6.76. The predicted octanol–water partition coefficient (Wildman–Crippen LogP) is 3.69. The van der Waals surface area contributed by atoms with Crippen LogP contribution in [0.5, 0.6) is 5.75 Å². The van der Waals surface area contributed by atoms with E-state index in [4.69, 9.17) is 4.74 Å². The van der Waals surface area contributed by atoms with Gasteiger partial charge in [-0.25, -0.2) is 8.42 Å². The zero-order valence-electron chi connectivity index (χ0n) is 18.2. The standard InChI is InChI=1S/C23H32N2O4S/c1-5-22(25(30(4,27)28)20-11-7-9-18(3)17-20)23(26)24-16-8-10-19-12-14-21(15-13-19)29-6-2/h7,9,11-15,17,22H,5-6,8,10,16H2,1-4H3,(H,24,26). The van der Waals surface area contributed by atoms with Crippen molar-refractivity contribution in [2.75, 3.05) is 23.7 Å². The van der Waals surface area contributed by atoms with Crippen LogP contribution in [0, 0.1) is 6.92 Å². The molecule has 0 spiro atoms. The Bertz CT molecular complexity index is 926. The van der Waals surface area contributed by atoms with Gasteiger partial charge in [-0.1, -0.05) is 31.2 Å². The number of hydrogen-bond acceptors (Lipinski definition) is 4. The van der Waals surface area contributed by atoms with E-state index in [0.29, 0.717) is 25.3 Å². The SMILES string of the molecule is CCOc1ccc(CCCNC(=O)C(CC)N(c2cccc(C)c2)S(C)(=O)=O)cc1. The first-order valence-corrected chi connectivity index (χ1v) is 12.2. The molecular weight excluding hydrogens is 400 g/mol. The summed E-state index contributed by atoms with van der Waals surface area (Å²) in [6.07, 6.45) is 3.10. The molecule has 0 aliphatic heterocycles. The van der Waals surface area contributed by atoms with Crippen LogP contribution in [0.1, 0.15) is 37.8 Å². The lowest BCUT2D eigenvalue weighted by molar-refractivity contribution is -0.122. The molecule has 30 heavy (non-hydrogen) atoms. The molecule has 0 fully saturated rings. The number of anilines is 1. The molecule has 0 bridgehead atoms. The van der Waals surface area contributed by atoms with Gasteiger partial charge in [-0.3, -0.25) is 9.10 Å². The molecule has 1 amide bonds. The second-order valence-corrected chi connectivity index (χ2v) is 9.15. The number of carbonyl (C=O) groups is 1. The van der Waals surface area contributed by atoms with Gasteiger partial charge in [-0.05, 0) is 68.5 Å². The Morgan fingerprint density at radius 1 is 1.13 bits per heavy atom. The highest BCUT2D eigenvalue weighted by atomic mass is 32.2. The van der Waals surface area contributed by atoms with E-state index in [1.54, 1.807) is 18.2 Å². The largest absolute Gasteiger partial charge is 0.494 e. The molecule has 0 radical (unpaired) electrons. The maximum atomic E-state index is 12.8. The molecule has 2 rings (SSSR count). The first kappa shape index (κ1) is 23.7. The summed E-state index contributed by atoms with van der Waals surface area (Å²) in [5.74, 6) is 0.563. The van der Waals surface area contributed by atoms with E-state index in [-0.39, 0.29) is 5.91 Å². The van der Waals surface area contributed by atoms with Crippen LogP contribution >= 0.6 is 0 Å². The number of nitrogens with zero attached hydrogens (tertiary/aromatic N) is 1. The van der Waals surface area contributed by atoms with E-state index in [2.05, 4.69) is 5.32 Å². The minimum Gasteiger partial charge on any atom is -0.494 e. The molecule has 2 aromatic rings. The van der Waals surface area contributed by atoms with Crippen molar-refractivity contribution < 1.29 is 17.9 Å². The number of amides is 1. The van der Waals surface area contributed by atoms with Gasteiger partial charge in [0.1, 0.15) is 11.8 Å². The highest BCUT2D eigenvalue weighted by Crippen LogP contribution is 2.23. The summed E-state index contributed by atoms with van der Waals surface area (Å²) in [6.45, 7) is 6.78. The second-order valence-electron chi connectivity index (χ2n) is 7.29. The lowest BCUT2D eigenvalue weighted by atomic mass is 10.1. The van der Waals surface area contributed by atoms with E-state index in [1.165, 1.54) is 4.31 Å². The van der Waals surface area contributed by atoms with Gasteiger partial charge in [0, 0.05) is 6.54 Å². The fraction of sp³-hybridized carbons (Fsp3) is 0.435. The van der Waals surface area contributed by atoms with Gasteiger partial charge in [-0.2, -0.15) is 0 Å². The van der Waals surface area contributed by atoms with Crippen molar-refractivity contribution in [1.29, 1.82) is 0 Å². The zero-order chi connectivity index (χ0) is 22.1. The summed E-state index contributed by atoms with van der Waals surface area (Å²) < 4.78 is 31.6. The van der Waals surface area contributed by atoms with E-state index < -0.39 is 16.1 Å². The average Bonchev–Trinajstić information content (AvgIpc) is 2.69. The fourth-order valence-corrected chi connectivity index (χ4v) is 4.57. The number of rotatable bonds is 11. The first-order chi connectivity index (χ1) is 14.3. The van der Waals surface area contributed by atoms with E-state index in [0.717, 1.165) is 36.0 Å². The van der Waals surface area contributed by atoms with Crippen molar-refractivity contribution in [3.8, 4) is 5.75 Å². The van der Waals surface area contributed by atoms with E-state index >= 15 is 0 Å². The highest BCUT2D eigenvalue weighted by molar-refractivity contribution is 7.92. The van der Waals surface area contributed by atoms with E-state index in [1.807, 2.05) is 51.1 Å². The number of nitrogens with one attached hydrogen (secondary N) is 1. The molecule has 1 unspecified atom stereocenters. The van der Waals surface area contributed by atoms with E-state index in [9.17, 15) is 13.2 Å². The number of sulfonamides is 1. The van der Waals surface area contributed by atoms with Crippen LogP contribution in [0.2, 0.25) is 0 Å². The summed E-state index contributed by atoms with van der Waals surface area (Å²) in [6, 6.07) is 14.3. The van der Waals surface area contributed by atoms with Gasteiger partial charge in [0.25, 0.3) is 0 Å². The minimum absolute atomic E-state index is 0.281. The molecule has 6 nitrogen and oxygen atoms in total. The Morgan fingerprint density at radius 2 is 1.83 bits per heavy atom. The molecule has 0 heterocycles. The Hall–Kier alpha value is -2.54. The molecule has 0 aliphatic carbocycles. The summed E-state index contributed by atoms with van der Waals surface area (Å²) in [7, 11) is -3.61. The summed E-state index contributed by atoms with van der Waals surface area (Å²) in [4.78, 5) is 12.8. The predicted molar refractivity (Wildman–Crippen MR) is 122 cm³/mol. The Balaban J connectivity index is 1.98. The third-order valence-corrected chi connectivity index (χ3v) is 5.94. The van der Waals surface area contributed by atoms with Gasteiger partial charge in [-0.15, -0.1) is 0 Å². The first-order valence-electron chi connectivity index (χ1n) is 10.3. The molecule has 1 N–H and O–H groups in total. The van der Waals surface area contributed by atoms with Crippen LogP contribution in [-0.2, 0) is 21.2 Å². The lowest BCUT2D eigenvalue weighted by Crippen LogP contribution is -2.49. The Labute approximate surface area is 180 Å².